The van der Waals surface area contributed by atoms with E-state index in [-0.39, 0.29) is 12.5 Å². The van der Waals surface area contributed by atoms with E-state index in [4.69, 9.17) is 5.73 Å². The molecule has 98 valence electrons. The van der Waals surface area contributed by atoms with Crippen molar-refractivity contribution < 1.29 is 4.79 Å². The molecule has 0 atom stereocenters. The lowest BCUT2D eigenvalue weighted by atomic mass is 9.99. The number of amides is 1. The van der Waals surface area contributed by atoms with Gasteiger partial charge in [-0.05, 0) is 43.0 Å². The number of anilines is 2. The molecule has 1 heterocycles. The van der Waals surface area contributed by atoms with Crippen molar-refractivity contribution in [3.05, 3.63) is 24.3 Å². The zero-order chi connectivity index (χ0) is 13.0. The van der Waals surface area contributed by atoms with Crippen LogP contribution in [0.4, 0.5) is 11.4 Å². The number of rotatable bonds is 3. The highest BCUT2D eigenvalue weighted by Crippen LogP contribution is 2.24. The molecule has 4 nitrogen and oxygen atoms in total. The molecular weight excluding hydrogens is 226 g/mol. The summed E-state index contributed by atoms with van der Waals surface area (Å²) in [4.78, 5) is 13.6. The molecule has 0 saturated carbocycles. The van der Waals surface area contributed by atoms with Crippen LogP contribution in [0.5, 0.6) is 0 Å². The number of hydrogen-bond acceptors (Lipinski definition) is 3. The quantitative estimate of drug-likeness (QED) is 0.856. The summed E-state index contributed by atoms with van der Waals surface area (Å²) in [6.45, 7) is 4.57. The number of carbonyl (C=O) groups is 1. The number of nitrogens with two attached hydrogens (primary N) is 1. The second-order valence-electron chi connectivity index (χ2n) is 4.97. The maximum absolute atomic E-state index is 11.2. The second kappa shape index (κ2) is 5.87. The van der Waals surface area contributed by atoms with E-state index in [9.17, 15) is 4.79 Å². The molecule has 18 heavy (non-hydrogen) atoms. The van der Waals surface area contributed by atoms with Gasteiger partial charge >= 0.3 is 0 Å². The van der Waals surface area contributed by atoms with Crippen molar-refractivity contribution in [2.75, 3.05) is 29.9 Å². The largest absolute Gasteiger partial charge is 0.372 e. The van der Waals surface area contributed by atoms with Crippen LogP contribution in [0.2, 0.25) is 0 Å². The summed E-state index contributed by atoms with van der Waals surface area (Å²) >= 11 is 0. The highest BCUT2D eigenvalue weighted by molar-refractivity contribution is 5.92. The minimum absolute atomic E-state index is 0.0196. The number of benzene rings is 1. The Morgan fingerprint density at radius 1 is 1.33 bits per heavy atom. The minimum Gasteiger partial charge on any atom is -0.372 e. The van der Waals surface area contributed by atoms with Gasteiger partial charge in [-0.15, -0.1) is 0 Å². The lowest BCUT2D eigenvalue weighted by Crippen LogP contribution is -2.32. The van der Waals surface area contributed by atoms with Crippen LogP contribution in [0, 0.1) is 5.92 Å². The molecule has 1 aromatic carbocycles. The van der Waals surface area contributed by atoms with E-state index in [1.165, 1.54) is 18.5 Å². The molecule has 0 radical (unpaired) electrons. The van der Waals surface area contributed by atoms with Gasteiger partial charge in [-0.1, -0.05) is 6.92 Å². The molecule has 1 amide bonds. The van der Waals surface area contributed by atoms with Crippen molar-refractivity contribution in [2.24, 2.45) is 11.7 Å². The highest BCUT2D eigenvalue weighted by atomic mass is 16.1. The van der Waals surface area contributed by atoms with Crippen LogP contribution >= 0.6 is 0 Å². The lowest BCUT2D eigenvalue weighted by Gasteiger charge is -2.32. The number of hydrogen-bond donors (Lipinski definition) is 2. The number of nitrogens with one attached hydrogen (secondary N) is 1. The van der Waals surface area contributed by atoms with E-state index < -0.39 is 0 Å². The Morgan fingerprint density at radius 2 is 1.94 bits per heavy atom. The summed E-state index contributed by atoms with van der Waals surface area (Å²) < 4.78 is 0. The predicted molar refractivity (Wildman–Crippen MR) is 74.7 cm³/mol. The first-order chi connectivity index (χ1) is 8.69. The average molecular weight is 247 g/mol. The van der Waals surface area contributed by atoms with Gasteiger partial charge in [0.25, 0.3) is 0 Å². The fourth-order valence-electron chi connectivity index (χ4n) is 2.23. The van der Waals surface area contributed by atoms with E-state index in [0.29, 0.717) is 0 Å². The van der Waals surface area contributed by atoms with E-state index >= 15 is 0 Å². The Balaban J connectivity index is 1.97. The maximum atomic E-state index is 11.2. The fraction of sp³-hybridized carbons (Fsp3) is 0.500. The van der Waals surface area contributed by atoms with Gasteiger partial charge in [0.15, 0.2) is 0 Å². The molecule has 4 heteroatoms. The summed E-state index contributed by atoms with van der Waals surface area (Å²) in [5, 5.41) is 2.75. The van der Waals surface area contributed by atoms with E-state index in [2.05, 4.69) is 29.3 Å². The van der Waals surface area contributed by atoms with Gasteiger partial charge in [-0.3, -0.25) is 4.79 Å². The van der Waals surface area contributed by atoms with Crippen LogP contribution in [0.3, 0.4) is 0 Å². The van der Waals surface area contributed by atoms with Crippen LogP contribution < -0.4 is 16.0 Å². The smallest absolute Gasteiger partial charge is 0.238 e. The first kappa shape index (κ1) is 12.9. The number of piperidine rings is 1. The van der Waals surface area contributed by atoms with Crippen LogP contribution in [0.25, 0.3) is 0 Å². The zero-order valence-electron chi connectivity index (χ0n) is 10.9. The van der Waals surface area contributed by atoms with Crippen molar-refractivity contribution in [1.82, 2.24) is 0 Å². The average Bonchev–Trinajstić information content (AvgIpc) is 2.40. The Kier molecular flexibility index (Phi) is 4.20. The SMILES string of the molecule is CC1CCN(c2ccc(NC(=O)CN)cc2)CC1. The Bertz CT molecular complexity index is 394. The van der Waals surface area contributed by atoms with Gasteiger partial charge < -0.3 is 16.0 Å². The van der Waals surface area contributed by atoms with Crippen LogP contribution in [0.1, 0.15) is 19.8 Å². The maximum Gasteiger partial charge on any atom is 0.238 e. The molecule has 0 aliphatic carbocycles. The minimum atomic E-state index is -0.158. The van der Waals surface area contributed by atoms with Crippen molar-refractivity contribution >= 4 is 17.3 Å². The van der Waals surface area contributed by atoms with Gasteiger partial charge in [-0.2, -0.15) is 0 Å². The van der Waals surface area contributed by atoms with E-state index in [1.54, 1.807) is 0 Å². The normalized spacial score (nSPS) is 16.7. The van der Waals surface area contributed by atoms with Crippen LogP contribution in [-0.2, 0) is 4.79 Å². The Hall–Kier alpha value is -1.55. The number of carbonyl (C=O) groups excluding carboxylic acids is 1. The summed E-state index contributed by atoms with van der Waals surface area (Å²) in [5.41, 5.74) is 7.29. The lowest BCUT2D eigenvalue weighted by molar-refractivity contribution is -0.114. The zero-order valence-corrected chi connectivity index (χ0v) is 10.9. The summed E-state index contributed by atoms with van der Waals surface area (Å²) in [6.07, 6.45) is 2.51. The molecule has 0 bridgehead atoms. The van der Waals surface area contributed by atoms with Crippen molar-refractivity contribution in [2.45, 2.75) is 19.8 Å². The molecule has 0 spiro atoms. The summed E-state index contributed by atoms with van der Waals surface area (Å²) in [7, 11) is 0. The van der Waals surface area contributed by atoms with Gasteiger partial charge in [-0.25, -0.2) is 0 Å². The van der Waals surface area contributed by atoms with Gasteiger partial charge in [0.05, 0.1) is 6.54 Å². The van der Waals surface area contributed by atoms with E-state index in [1.807, 2.05) is 12.1 Å². The molecule has 3 N–H and O–H groups in total. The van der Waals surface area contributed by atoms with Gasteiger partial charge in [0, 0.05) is 24.5 Å². The summed E-state index contributed by atoms with van der Waals surface area (Å²) in [5.74, 6) is 0.680. The molecule has 1 aromatic rings. The summed E-state index contributed by atoms with van der Waals surface area (Å²) in [6, 6.07) is 7.98. The van der Waals surface area contributed by atoms with Crippen molar-refractivity contribution in [3.63, 3.8) is 0 Å². The molecule has 0 aromatic heterocycles. The Labute approximate surface area is 108 Å². The molecule has 0 unspecified atom stereocenters. The predicted octanol–water partition coefficient (Wildman–Crippen LogP) is 1.82. The first-order valence-electron chi connectivity index (χ1n) is 6.54. The highest BCUT2D eigenvalue weighted by Gasteiger charge is 2.15. The fourth-order valence-corrected chi connectivity index (χ4v) is 2.23. The van der Waals surface area contributed by atoms with Crippen molar-refractivity contribution in [3.8, 4) is 0 Å². The second-order valence-corrected chi connectivity index (χ2v) is 4.97. The third-order valence-corrected chi connectivity index (χ3v) is 3.49. The Morgan fingerprint density at radius 3 is 2.50 bits per heavy atom. The molecule has 1 aliphatic rings. The molecule has 2 rings (SSSR count). The van der Waals surface area contributed by atoms with Crippen LogP contribution in [0.15, 0.2) is 24.3 Å². The number of nitrogens with zero attached hydrogens (tertiary/aromatic N) is 1. The monoisotopic (exact) mass is 247 g/mol. The third kappa shape index (κ3) is 3.23. The molecule has 1 aliphatic heterocycles. The molecule has 1 saturated heterocycles. The first-order valence-corrected chi connectivity index (χ1v) is 6.54. The van der Waals surface area contributed by atoms with Gasteiger partial charge in [0.1, 0.15) is 0 Å². The topological polar surface area (TPSA) is 58.4 Å². The molecule has 1 fully saturated rings. The van der Waals surface area contributed by atoms with Crippen molar-refractivity contribution in [1.29, 1.82) is 0 Å². The third-order valence-electron chi connectivity index (χ3n) is 3.49. The van der Waals surface area contributed by atoms with Gasteiger partial charge in [0.2, 0.25) is 5.91 Å². The molecular formula is C14H21N3O. The van der Waals surface area contributed by atoms with Crippen LogP contribution in [-0.4, -0.2) is 25.5 Å². The standard InChI is InChI=1S/C14H21N3O/c1-11-6-8-17(9-7-11)13-4-2-12(3-5-13)16-14(18)10-15/h2-5,11H,6-10,15H2,1H3,(H,16,18). The van der Waals surface area contributed by atoms with E-state index in [0.717, 1.165) is 24.7 Å².